The molecule has 0 fully saturated rings. The van der Waals surface area contributed by atoms with Gasteiger partial charge < -0.3 is 4.79 Å². The van der Waals surface area contributed by atoms with Gasteiger partial charge in [0.05, 0.1) is 5.69 Å². The van der Waals surface area contributed by atoms with Crippen LogP contribution in [0.2, 0.25) is 0 Å². The molecule has 0 atom stereocenters. The second-order valence-electron chi connectivity index (χ2n) is 2.75. The van der Waals surface area contributed by atoms with Gasteiger partial charge in [-0.1, -0.05) is 18.2 Å². The zero-order chi connectivity index (χ0) is 9.80. The van der Waals surface area contributed by atoms with E-state index in [0.29, 0.717) is 6.42 Å². The minimum Gasteiger partial charge on any atom is -0.303 e. The van der Waals surface area contributed by atoms with Gasteiger partial charge in [-0.05, 0) is 22.1 Å². The molecule has 0 spiro atoms. The number of rotatable bonds is 3. The van der Waals surface area contributed by atoms with E-state index in [1.54, 1.807) is 4.68 Å². The highest BCUT2D eigenvalue weighted by molar-refractivity contribution is 5.58. The number of carbonyl (C=O) groups is 1. The number of tetrazole rings is 1. The molecule has 0 radical (unpaired) electrons. The second kappa shape index (κ2) is 3.78. The molecule has 2 aromatic rings. The monoisotopic (exact) mass is 188 g/mol. The summed E-state index contributed by atoms with van der Waals surface area (Å²) in [5, 5.41) is 10.9. The second-order valence-corrected chi connectivity index (χ2v) is 2.75. The van der Waals surface area contributed by atoms with E-state index < -0.39 is 0 Å². The summed E-state index contributed by atoms with van der Waals surface area (Å²) in [7, 11) is 0. The molecule has 0 N–H and O–H groups in total. The lowest BCUT2D eigenvalue weighted by atomic mass is 10.1. The SMILES string of the molecule is O=CCc1ccccc1-n1cnnn1. The van der Waals surface area contributed by atoms with E-state index in [1.165, 1.54) is 6.33 Å². The number of hydrogen-bond acceptors (Lipinski definition) is 4. The van der Waals surface area contributed by atoms with Gasteiger partial charge in [-0.2, -0.15) is 0 Å². The average molecular weight is 188 g/mol. The summed E-state index contributed by atoms with van der Waals surface area (Å²) in [5.41, 5.74) is 1.75. The molecular formula is C9H8N4O. The smallest absolute Gasteiger partial charge is 0.143 e. The molecule has 0 aliphatic heterocycles. The molecule has 14 heavy (non-hydrogen) atoms. The van der Waals surface area contributed by atoms with Crippen molar-refractivity contribution in [2.75, 3.05) is 0 Å². The van der Waals surface area contributed by atoms with Gasteiger partial charge in [0.1, 0.15) is 12.6 Å². The molecule has 5 nitrogen and oxygen atoms in total. The first-order valence-corrected chi connectivity index (χ1v) is 4.16. The highest BCUT2D eigenvalue weighted by Gasteiger charge is 2.03. The van der Waals surface area contributed by atoms with Crippen LogP contribution in [0.4, 0.5) is 0 Å². The third kappa shape index (κ3) is 1.52. The van der Waals surface area contributed by atoms with Crippen molar-refractivity contribution < 1.29 is 4.79 Å². The number of aromatic nitrogens is 4. The lowest BCUT2D eigenvalue weighted by Gasteiger charge is -2.04. The van der Waals surface area contributed by atoms with Crippen molar-refractivity contribution in [1.82, 2.24) is 20.2 Å². The van der Waals surface area contributed by atoms with Gasteiger partial charge in [0.25, 0.3) is 0 Å². The fourth-order valence-corrected chi connectivity index (χ4v) is 1.27. The fourth-order valence-electron chi connectivity index (χ4n) is 1.27. The Hall–Kier alpha value is -2.04. The maximum absolute atomic E-state index is 10.4. The molecule has 0 saturated carbocycles. The molecule has 0 saturated heterocycles. The van der Waals surface area contributed by atoms with Crippen molar-refractivity contribution in [2.24, 2.45) is 0 Å². The Morgan fingerprint density at radius 1 is 1.36 bits per heavy atom. The van der Waals surface area contributed by atoms with Crippen molar-refractivity contribution >= 4 is 6.29 Å². The van der Waals surface area contributed by atoms with Crippen LogP contribution >= 0.6 is 0 Å². The van der Waals surface area contributed by atoms with Crippen molar-refractivity contribution in [3.05, 3.63) is 36.2 Å². The third-order valence-corrected chi connectivity index (χ3v) is 1.89. The fraction of sp³-hybridized carbons (Fsp3) is 0.111. The lowest BCUT2D eigenvalue weighted by molar-refractivity contribution is -0.107. The van der Waals surface area contributed by atoms with Crippen LogP contribution in [0.25, 0.3) is 5.69 Å². The zero-order valence-corrected chi connectivity index (χ0v) is 7.37. The molecule has 70 valence electrons. The number of nitrogens with zero attached hydrogens (tertiary/aromatic N) is 4. The zero-order valence-electron chi connectivity index (χ0n) is 7.37. The van der Waals surface area contributed by atoms with Crippen molar-refractivity contribution in [3.8, 4) is 5.69 Å². The summed E-state index contributed by atoms with van der Waals surface area (Å²) >= 11 is 0. The van der Waals surface area contributed by atoms with Crippen molar-refractivity contribution in [2.45, 2.75) is 6.42 Å². The van der Waals surface area contributed by atoms with E-state index in [4.69, 9.17) is 0 Å². The molecule has 0 aliphatic carbocycles. The summed E-state index contributed by atoms with van der Waals surface area (Å²) in [6, 6.07) is 7.51. The van der Waals surface area contributed by atoms with Crippen molar-refractivity contribution in [1.29, 1.82) is 0 Å². The quantitative estimate of drug-likeness (QED) is 0.654. The van der Waals surface area contributed by atoms with E-state index >= 15 is 0 Å². The highest BCUT2D eigenvalue weighted by Crippen LogP contribution is 2.11. The molecular weight excluding hydrogens is 180 g/mol. The number of aldehydes is 1. The van der Waals surface area contributed by atoms with Crippen LogP contribution in [-0.4, -0.2) is 26.5 Å². The van der Waals surface area contributed by atoms with Crippen LogP contribution in [0.15, 0.2) is 30.6 Å². The lowest BCUT2D eigenvalue weighted by Crippen LogP contribution is -2.00. The molecule has 1 heterocycles. The van der Waals surface area contributed by atoms with E-state index in [9.17, 15) is 4.79 Å². The Morgan fingerprint density at radius 2 is 2.21 bits per heavy atom. The highest BCUT2D eigenvalue weighted by atomic mass is 16.1. The average Bonchev–Trinajstić information content (AvgIpc) is 2.72. The Morgan fingerprint density at radius 3 is 2.93 bits per heavy atom. The molecule has 0 aliphatic rings. The van der Waals surface area contributed by atoms with Gasteiger partial charge in [0.15, 0.2) is 0 Å². The summed E-state index contributed by atoms with van der Waals surface area (Å²) < 4.78 is 1.54. The Kier molecular flexibility index (Phi) is 2.31. The van der Waals surface area contributed by atoms with E-state index in [1.807, 2.05) is 24.3 Å². The molecule has 2 rings (SSSR count). The summed E-state index contributed by atoms with van der Waals surface area (Å²) in [6.45, 7) is 0. The van der Waals surface area contributed by atoms with Crippen LogP contribution in [0.5, 0.6) is 0 Å². The Labute approximate surface area is 80.4 Å². The van der Waals surface area contributed by atoms with E-state index in [2.05, 4.69) is 15.5 Å². The number of hydrogen-bond donors (Lipinski definition) is 0. The number of para-hydroxylation sites is 1. The topological polar surface area (TPSA) is 60.7 Å². The maximum Gasteiger partial charge on any atom is 0.143 e. The largest absolute Gasteiger partial charge is 0.303 e. The first kappa shape index (κ1) is 8.55. The van der Waals surface area contributed by atoms with Crippen molar-refractivity contribution in [3.63, 3.8) is 0 Å². The van der Waals surface area contributed by atoms with Gasteiger partial charge in [0.2, 0.25) is 0 Å². The first-order chi connectivity index (χ1) is 6.92. The minimum absolute atomic E-state index is 0.371. The van der Waals surface area contributed by atoms with Crippen LogP contribution in [0.3, 0.4) is 0 Å². The third-order valence-electron chi connectivity index (χ3n) is 1.89. The minimum atomic E-state index is 0.371. The molecule has 0 bridgehead atoms. The predicted octanol–water partition coefficient (Wildman–Crippen LogP) is 0.404. The van der Waals surface area contributed by atoms with Gasteiger partial charge >= 0.3 is 0 Å². The summed E-state index contributed by atoms with van der Waals surface area (Å²) in [4.78, 5) is 10.4. The number of benzene rings is 1. The molecule has 1 aromatic carbocycles. The van der Waals surface area contributed by atoms with Crippen LogP contribution in [0, 0.1) is 0 Å². The normalized spacial score (nSPS) is 10.0. The molecule has 0 unspecified atom stereocenters. The summed E-state index contributed by atoms with van der Waals surface area (Å²) in [6.07, 6.45) is 2.74. The standard InChI is InChI=1S/C9H8N4O/c14-6-5-8-3-1-2-4-9(8)13-7-10-11-12-13/h1-4,6-7H,5H2. The van der Waals surface area contributed by atoms with Crippen LogP contribution in [0.1, 0.15) is 5.56 Å². The van der Waals surface area contributed by atoms with E-state index in [0.717, 1.165) is 17.5 Å². The van der Waals surface area contributed by atoms with Crippen LogP contribution < -0.4 is 0 Å². The number of carbonyl (C=O) groups excluding carboxylic acids is 1. The summed E-state index contributed by atoms with van der Waals surface area (Å²) in [5.74, 6) is 0. The Balaban J connectivity index is 2.46. The molecule has 0 amide bonds. The molecule has 1 aromatic heterocycles. The molecule has 5 heteroatoms. The first-order valence-electron chi connectivity index (χ1n) is 4.16. The Bertz CT molecular complexity index is 424. The van der Waals surface area contributed by atoms with Gasteiger partial charge in [0, 0.05) is 6.42 Å². The maximum atomic E-state index is 10.4. The van der Waals surface area contributed by atoms with Crippen LogP contribution in [-0.2, 0) is 11.2 Å². The predicted molar refractivity (Wildman–Crippen MR) is 48.9 cm³/mol. The van der Waals surface area contributed by atoms with E-state index in [-0.39, 0.29) is 0 Å². The van der Waals surface area contributed by atoms with Gasteiger partial charge in [-0.25, -0.2) is 4.68 Å². The van der Waals surface area contributed by atoms with Gasteiger partial charge in [-0.3, -0.25) is 0 Å². The van der Waals surface area contributed by atoms with Gasteiger partial charge in [-0.15, -0.1) is 5.10 Å².